The minimum Gasteiger partial charge on any atom is -0.437 e. The third-order valence-electron chi connectivity index (χ3n) is 2.91. The molecule has 0 bridgehead atoms. The molecule has 1 aromatic rings. The predicted molar refractivity (Wildman–Crippen MR) is 68.5 cm³/mol. The number of nitrogens with one attached hydrogen (secondary N) is 1. The Morgan fingerprint density at radius 1 is 1.47 bits per heavy atom. The highest BCUT2D eigenvalue weighted by molar-refractivity contribution is 7.99. The van der Waals surface area contributed by atoms with Crippen molar-refractivity contribution in [2.45, 2.75) is 38.0 Å². The quantitative estimate of drug-likeness (QED) is 0.624. The Hall–Kier alpha value is -0.520. The highest BCUT2D eigenvalue weighted by Gasteiger charge is 2.14. The Balaban J connectivity index is 1.56. The van der Waals surface area contributed by atoms with Crippen LogP contribution in [0, 0.1) is 13.8 Å². The Morgan fingerprint density at radius 2 is 2.35 bits per heavy atom. The van der Waals surface area contributed by atoms with Gasteiger partial charge >= 0.3 is 0 Å². The second-order valence-electron chi connectivity index (χ2n) is 4.31. The summed E-state index contributed by atoms with van der Waals surface area (Å²) in [5, 5.41) is 4.18. The third kappa shape index (κ3) is 4.01. The van der Waals surface area contributed by atoms with Gasteiger partial charge in [0.25, 0.3) is 5.22 Å². The number of aryl methyl sites for hydroxylation is 2. The molecule has 1 fully saturated rings. The first-order valence-corrected chi connectivity index (χ1v) is 7.13. The lowest BCUT2D eigenvalue weighted by Gasteiger charge is -2.09. The number of nitrogens with zero attached hydrogens (tertiary/aromatic N) is 1. The first kappa shape index (κ1) is 12.9. The molecule has 1 atom stereocenters. The molecule has 0 aliphatic carbocycles. The molecule has 0 aromatic carbocycles. The van der Waals surface area contributed by atoms with Crippen molar-refractivity contribution in [3.05, 3.63) is 11.5 Å². The molecule has 96 valence electrons. The van der Waals surface area contributed by atoms with Crippen LogP contribution >= 0.6 is 11.8 Å². The molecule has 5 heteroatoms. The smallest absolute Gasteiger partial charge is 0.256 e. The van der Waals surface area contributed by atoms with Crippen molar-refractivity contribution in [1.29, 1.82) is 0 Å². The summed E-state index contributed by atoms with van der Waals surface area (Å²) in [4.78, 5) is 4.33. The number of aromatic nitrogens is 1. The standard InChI is InChI=1S/C12H20N2O2S/c1-9-10(2)16-12(14-9)17-7-5-13-8-11-4-3-6-15-11/h11,13H,3-8H2,1-2H3. The average molecular weight is 256 g/mol. The van der Waals surface area contributed by atoms with E-state index in [0.717, 1.165) is 42.1 Å². The molecule has 1 aliphatic heterocycles. The molecule has 0 saturated carbocycles. The normalized spacial score (nSPS) is 20.0. The van der Waals surface area contributed by atoms with Gasteiger partial charge in [-0.25, -0.2) is 4.98 Å². The second kappa shape index (κ2) is 6.42. The summed E-state index contributed by atoms with van der Waals surface area (Å²) in [5.74, 6) is 1.89. The molecule has 0 radical (unpaired) electrons. The highest BCUT2D eigenvalue weighted by Crippen LogP contribution is 2.19. The molecule has 1 unspecified atom stereocenters. The van der Waals surface area contributed by atoms with Crippen LogP contribution in [0.25, 0.3) is 0 Å². The van der Waals surface area contributed by atoms with Gasteiger partial charge in [0.2, 0.25) is 0 Å². The summed E-state index contributed by atoms with van der Waals surface area (Å²) in [6.07, 6.45) is 2.82. The van der Waals surface area contributed by atoms with Gasteiger partial charge in [0.1, 0.15) is 5.76 Å². The molecule has 17 heavy (non-hydrogen) atoms. The summed E-state index contributed by atoms with van der Waals surface area (Å²) in [6.45, 7) is 6.77. The van der Waals surface area contributed by atoms with E-state index in [4.69, 9.17) is 9.15 Å². The van der Waals surface area contributed by atoms with E-state index >= 15 is 0 Å². The Bertz CT molecular complexity index is 329. The lowest BCUT2D eigenvalue weighted by atomic mass is 10.2. The van der Waals surface area contributed by atoms with E-state index in [1.807, 2.05) is 13.8 Å². The average Bonchev–Trinajstić information content (AvgIpc) is 2.90. The first-order valence-electron chi connectivity index (χ1n) is 6.15. The molecule has 0 amide bonds. The summed E-state index contributed by atoms with van der Waals surface area (Å²) < 4.78 is 11.0. The lowest BCUT2D eigenvalue weighted by Crippen LogP contribution is -2.27. The van der Waals surface area contributed by atoms with Crippen molar-refractivity contribution in [1.82, 2.24) is 10.3 Å². The Labute approximate surface area is 107 Å². The van der Waals surface area contributed by atoms with E-state index in [0.29, 0.717) is 6.10 Å². The van der Waals surface area contributed by atoms with E-state index < -0.39 is 0 Å². The van der Waals surface area contributed by atoms with E-state index in [9.17, 15) is 0 Å². The molecule has 1 aromatic heterocycles. The van der Waals surface area contributed by atoms with Gasteiger partial charge in [0, 0.05) is 25.4 Å². The largest absolute Gasteiger partial charge is 0.437 e. The summed E-state index contributed by atoms with van der Waals surface area (Å²) >= 11 is 1.66. The maximum atomic E-state index is 5.54. The van der Waals surface area contributed by atoms with Crippen LogP contribution in [0.4, 0.5) is 0 Å². The fraction of sp³-hybridized carbons (Fsp3) is 0.750. The Kier molecular flexibility index (Phi) is 4.88. The van der Waals surface area contributed by atoms with E-state index in [2.05, 4.69) is 10.3 Å². The first-order chi connectivity index (χ1) is 8.25. The fourth-order valence-corrected chi connectivity index (χ4v) is 2.59. The summed E-state index contributed by atoms with van der Waals surface area (Å²) in [6, 6.07) is 0. The minimum atomic E-state index is 0.422. The maximum Gasteiger partial charge on any atom is 0.256 e. The SMILES string of the molecule is Cc1nc(SCCNCC2CCCO2)oc1C. The molecular formula is C12H20N2O2S. The minimum absolute atomic E-state index is 0.422. The summed E-state index contributed by atoms with van der Waals surface area (Å²) in [5.41, 5.74) is 0.986. The summed E-state index contributed by atoms with van der Waals surface area (Å²) in [7, 11) is 0. The molecule has 1 N–H and O–H groups in total. The molecule has 4 nitrogen and oxygen atoms in total. The van der Waals surface area contributed by atoms with Gasteiger partial charge in [-0.15, -0.1) is 0 Å². The predicted octanol–water partition coefficient (Wildman–Crippen LogP) is 2.15. The number of hydrogen-bond acceptors (Lipinski definition) is 5. The van der Waals surface area contributed by atoms with Crippen LogP contribution in [-0.2, 0) is 4.74 Å². The topological polar surface area (TPSA) is 47.3 Å². The van der Waals surface area contributed by atoms with E-state index in [1.165, 1.54) is 12.8 Å². The van der Waals surface area contributed by atoms with Crippen LogP contribution in [0.3, 0.4) is 0 Å². The Morgan fingerprint density at radius 3 is 3.00 bits per heavy atom. The number of ether oxygens (including phenoxy) is 1. The molecule has 1 saturated heterocycles. The van der Waals surface area contributed by atoms with Gasteiger partial charge in [-0.05, 0) is 26.7 Å². The van der Waals surface area contributed by atoms with Crippen molar-refractivity contribution in [3.63, 3.8) is 0 Å². The zero-order valence-electron chi connectivity index (χ0n) is 10.5. The number of thioether (sulfide) groups is 1. The molecule has 0 spiro atoms. The molecule has 2 heterocycles. The van der Waals surface area contributed by atoms with Crippen LogP contribution in [-0.4, -0.2) is 36.5 Å². The monoisotopic (exact) mass is 256 g/mol. The van der Waals surface area contributed by atoms with Crippen molar-refractivity contribution in [2.24, 2.45) is 0 Å². The van der Waals surface area contributed by atoms with Gasteiger partial charge in [0.05, 0.1) is 11.8 Å². The zero-order chi connectivity index (χ0) is 12.1. The van der Waals surface area contributed by atoms with E-state index in [-0.39, 0.29) is 0 Å². The molecule has 1 aliphatic rings. The zero-order valence-corrected chi connectivity index (χ0v) is 11.3. The van der Waals surface area contributed by atoms with Crippen LogP contribution in [0.2, 0.25) is 0 Å². The van der Waals surface area contributed by atoms with Crippen LogP contribution in [0.15, 0.2) is 9.64 Å². The van der Waals surface area contributed by atoms with Crippen molar-refractivity contribution in [3.8, 4) is 0 Å². The van der Waals surface area contributed by atoms with Crippen LogP contribution in [0.5, 0.6) is 0 Å². The van der Waals surface area contributed by atoms with E-state index in [1.54, 1.807) is 11.8 Å². The van der Waals surface area contributed by atoms with Gasteiger partial charge in [0.15, 0.2) is 0 Å². The van der Waals surface area contributed by atoms with Crippen molar-refractivity contribution < 1.29 is 9.15 Å². The van der Waals surface area contributed by atoms with Gasteiger partial charge in [-0.1, -0.05) is 11.8 Å². The second-order valence-corrected chi connectivity index (χ2v) is 5.36. The van der Waals surface area contributed by atoms with Crippen LogP contribution < -0.4 is 5.32 Å². The van der Waals surface area contributed by atoms with Crippen molar-refractivity contribution in [2.75, 3.05) is 25.4 Å². The molecule has 2 rings (SSSR count). The lowest BCUT2D eigenvalue weighted by molar-refractivity contribution is 0.110. The van der Waals surface area contributed by atoms with Gasteiger partial charge in [-0.2, -0.15) is 0 Å². The highest BCUT2D eigenvalue weighted by atomic mass is 32.2. The number of rotatable bonds is 6. The van der Waals surface area contributed by atoms with Gasteiger partial charge < -0.3 is 14.5 Å². The number of hydrogen-bond donors (Lipinski definition) is 1. The molecular weight excluding hydrogens is 236 g/mol. The number of oxazole rings is 1. The fourth-order valence-electron chi connectivity index (χ4n) is 1.78. The van der Waals surface area contributed by atoms with Gasteiger partial charge in [-0.3, -0.25) is 0 Å². The van der Waals surface area contributed by atoms with Crippen molar-refractivity contribution >= 4 is 11.8 Å². The maximum absolute atomic E-state index is 5.54. The third-order valence-corrected chi connectivity index (χ3v) is 3.74. The van der Waals surface area contributed by atoms with Crippen LogP contribution in [0.1, 0.15) is 24.3 Å².